The number of aryl methyl sites for hydroxylation is 7. The summed E-state index contributed by atoms with van der Waals surface area (Å²) in [5.74, 6) is 2.07. The van der Waals surface area contributed by atoms with Crippen molar-refractivity contribution in [3.05, 3.63) is 203 Å². The average Bonchev–Trinajstić information content (AvgIpc) is 4.07. The van der Waals surface area contributed by atoms with Crippen molar-refractivity contribution in [1.29, 1.82) is 0 Å². The maximum atomic E-state index is 8.19. The summed E-state index contributed by atoms with van der Waals surface area (Å²) in [6, 6.07) is 47.2. The summed E-state index contributed by atoms with van der Waals surface area (Å²) in [6.45, 7) is 1.77. The molecule has 0 amide bonds. The highest BCUT2D eigenvalue weighted by molar-refractivity contribution is 5.96. The number of hydrogen-bond donors (Lipinski definition) is 0. The van der Waals surface area contributed by atoms with Gasteiger partial charge in [0.1, 0.15) is 36.8 Å². The van der Waals surface area contributed by atoms with Gasteiger partial charge in [0.05, 0.1) is 33.5 Å². The first-order valence-corrected chi connectivity index (χ1v) is 21.4. The van der Waals surface area contributed by atoms with Gasteiger partial charge in [-0.3, -0.25) is 9.13 Å². The van der Waals surface area contributed by atoms with Crippen molar-refractivity contribution in [2.45, 2.75) is 47.3 Å². The predicted octanol–water partition coefficient (Wildman–Crippen LogP) is 11.7. The summed E-state index contributed by atoms with van der Waals surface area (Å²) in [7, 11) is 3.83. The average molecular weight is 825 g/mol. The van der Waals surface area contributed by atoms with Crippen LogP contribution in [-0.4, -0.2) is 19.1 Å². The Morgan fingerprint density at radius 2 is 0.937 bits per heavy atom. The highest BCUT2D eigenvalue weighted by atomic mass is 15.1. The zero-order chi connectivity index (χ0) is 48.1. The first-order valence-electron chi connectivity index (χ1n) is 24.4. The van der Waals surface area contributed by atoms with Gasteiger partial charge >= 0.3 is 0 Å². The number of hydrogen-bond acceptors (Lipinski definition) is 2. The van der Waals surface area contributed by atoms with Crippen molar-refractivity contribution in [2.75, 3.05) is 0 Å². The van der Waals surface area contributed by atoms with E-state index < -0.39 is 13.7 Å². The van der Waals surface area contributed by atoms with Crippen LogP contribution in [0, 0.1) is 34.5 Å². The number of fused-ring (bicyclic) bond motifs is 10. The molecular formula is C57H50N6+2. The molecule has 0 bridgehead atoms. The van der Waals surface area contributed by atoms with Gasteiger partial charge in [-0.15, -0.1) is 0 Å². The molecule has 0 radical (unpaired) electrons. The fourth-order valence-electron chi connectivity index (χ4n) is 9.73. The summed E-state index contributed by atoms with van der Waals surface area (Å²) in [5, 5.41) is 0. The number of aromatic nitrogens is 6. The zero-order valence-corrected chi connectivity index (χ0v) is 36.0. The van der Waals surface area contributed by atoms with Gasteiger partial charge in [-0.05, 0) is 103 Å². The van der Waals surface area contributed by atoms with Gasteiger partial charge in [-0.2, -0.15) is 0 Å². The summed E-state index contributed by atoms with van der Waals surface area (Å²) < 4.78 is 57.4. The summed E-state index contributed by atoms with van der Waals surface area (Å²) >= 11 is 0. The number of para-hydroxylation sites is 2. The molecule has 0 fully saturated rings. The maximum absolute atomic E-state index is 8.19. The Morgan fingerprint density at radius 3 is 1.41 bits per heavy atom. The van der Waals surface area contributed by atoms with Gasteiger partial charge in [0.25, 0.3) is 0 Å². The van der Waals surface area contributed by atoms with Crippen LogP contribution in [0.1, 0.15) is 58.8 Å². The van der Waals surface area contributed by atoms with Crippen LogP contribution in [-0.2, 0) is 26.9 Å². The standard InChI is InChI=1S/C29H26N3.C28H24N3/c1-18-9-12-21(13-10-18)23-16-26(31(4)17-20(23)3)28-19(2)11-14-25-29(28)30-27-15-22-7-5-6-8-24(22)32(25)27;1-18-13-14-24-28(29-26-15-21-11-7-8-12-23(21)31(24)26)27(18)25-16-22(19(2)17-30(25)3)20-9-5-4-6-10-20/h5-14,16-17H,15H2,1-4H3;4-14,16-17H,15H2,1-3H3/q2*+1/i3D3;2D3. The first-order chi connectivity index (χ1) is 33.0. The Hall–Kier alpha value is -7.44. The van der Waals surface area contributed by atoms with Crippen molar-refractivity contribution in [3.63, 3.8) is 0 Å². The van der Waals surface area contributed by atoms with Crippen molar-refractivity contribution in [1.82, 2.24) is 19.1 Å². The van der Waals surface area contributed by atoms with Crippen molar-refractivity contribution >= 4 is 22.1 Å². The molecule has 6 aromatic carbocycles. The third kappa shape index (κ3) is 6.31. The van der Waals surface area contributed by atoms with Crippen LogP contribution in [0.25, 0.3) is 78.2 Å². The van der Waals surface area contributed by atoms with E-state index in [4.69, 9.17) is 18.2 Å². The minimum absolute atomic E-state index is 0.344. The Balaban J connectivity index is 0.000000151. The number of rotatable bonds is 4. The van der Waals surface area contributed by atoms with E-state index in [1.807, 2.05) is 96.9 Å². The molecule has 0 saturated heterocycles. The fourth-order valence-corrected chi connectivity index (χ4v) is 9.73. The van der Waals surface area contributed by atoms with Gasteiger partial charge < -0.3 is 0 Å². The Kier molecular flexibility index (Phi) is 7.63. The summed E-state index contributed by atoms with van der Waals surface area (Å²) in [6.07, 6.45) is 5.13. The van der Waals surface area contributed by atoms with E-state index in [1.54, 1.807) is 12.4 Å². The van der Waals surface area contributed by atoms with E-state index in [-0.39, 0.29) is 0 Å². The normalized spacial score (nSPS) is 14.0. The Labute approximate surface area is 377 Å². The highest BCUT2D eigenvalue weighted by Gasteiger charge is 2.29. The molecule has 0 aliphatic carbocycles. The molecular weight excluding hydrogens is 769 g/mol. The molecule has 0 spiro atoms. The molecule has 0 unspecified atom stereocenters. The second-order valence-electron chi connectivity index (χ2n) is 17.0. The minimum Gasteiger partial charge on any atom is -0.296 e. The molecule has 4 aromatic heterocycles. The van der Waals surface area contributed by atoms with Crippen LogP contribution >= 0.6 is 0 Å². The molecule has 2 aliphatic heterocycles. The van der Waals surface area contributed by atoms with E-state index >= 15 is 0 Å². The Bertz CT molecular complexity index is 3690. The van der Waals surface area contributed by atoms with Gasteiger partial charge in [-0.25, -0.2) is 19.1 Å². The minimum atomic E-state index is -2.23. The topological polar surface area (TPSA) is 43.4 Å². The summed E-state index contributed by atoms with van der Waals surface area (Å²) in [5.41, 5.74) is 20.2. The molecule has 12 rings (SSSR count). The zero-order valence-electron chi connectivity index (χ0n) is 42.0. The second-order valence-corrected chi connectivity index (χ2v) is 17.0. The summed E-state index contributed by atoms with van der Waals surface area (Å²) in [4.78, 5) is 10.2. The molecule has 6 heteroatoms. The molecule has 0 N–H and O–H groups in total. The monoisotopic (exact) mass is 824 g/mol. The maximum Gasteiger partial charge on any atom is 0.215 e. The van der Waals surface area contributed by atoms with E-state index in [9.17, 15) is 0 Å². The lowest BCUT2D eigenvalue weighted by Gasteiger charge is -2.11. The van der Waals surface area contributed by atoms with E-state index in [0.29, 0.717) is 11.1 Å². The number of benzene rings is 6. The van der Waals surface area contributed by atoms with E-state index in [2.05, 4.69) is 95.8 Å². The quantitative estimate of drug-likeness (QED) is 0.166. The third-order valence-electron chi connectivity index (χ3n) is 12.9. The lowest BCUT2D eigenvalue weighted by molar-refractivity contribution is -0.660. The van der Waals surface area contributed by atoms with Gasteiger partial charge in [0, 0.05) is 44.3 Å². The first kappa shape index (κ1) is 32.3. The molecule has 63 heavy (non-hydrogen) atoms. The predicted molar refractivity (Wildman–Crippen MR) is 256 cm³/mol. The largest absolute Gasteiger partial charge is 0.296 e. The van der Waals surface area contributed by atoms with Gasteiger partial charge in [-0.1, -0.05) is 109 Å². The van der Waals surface area contributed by atoms with Gasteiger partial charge in [0.2, 0.25) is 11.4 Å². The molecule has 6 nitrogen and oxygen atoms in total. The number of pyridine rings is 2. The fraction of sp³-hybridized carbons (Fsp3) is 0.158. The highest BCUT2D eigenvalue weighted by Crippen LogP contribution is 2.40. The van der Waals surface area contributed by atoms with Crippen LogP contribution in [0.15, 0.2) is 152 Å². The van der Waals surface area contributed by atoms with Crippen LogP contribution in [0.5, 0.6) is 0 Å². The van der Waals surface area contributed by atoms with Crippen LogP contribution < -0.4 is 9.13 Å². The van der Waals surface area contributed by atoms with Crippen LogP contribution in [0.3, 0.4) is 0 Å². The van der Waals surface area contributed by atoms with Crippen LogP contribution in [0.4, 0.5) is 0 Å². The SMILES string of the molecule is [2H]C([2H])([2H])c1c[n+](C)c(-c2c(C)ccc3c2nc2n3-c3ccccc3C2)cc1-c1ccc(C)cc1.[2H]C([2H])([2H])c1c[n+](C)c(-c2c(C)ccc3c2nc2n3-c3ccccc3C2)cc1-c1ccccc1. The third-order valence-corrected chi connectivity index (χ3v) is 12.9. The van der Waals surface area contributed by atoms with Gasteiger partial charge in [0.15, 0.2) is 12.4 Å². The van der Waals surface area contributed by atoms with E-state index in [1.165, 1.54) is 22.5 Å². The van der Waals surface area contributed by atoms with Crippen molar-refractivity contribution in [3.8, 4) is 56.1 Å². The smallest absolute Gasteiger partial charge is 0.215 e. The van der Waals surface area contributed by atoms with Crippen molar-refractivity contribution in [2.24, 2.45) is 14.1 Å². The second kappa shape index (κ2) is 14.9. The Morgan fingerprint density at radius 1 is 0.492 bits per heavy atom. The molecule has 6 heterocycles. The molecule has 0 saturated carbocycles. The molecule has 0 atom stereocenters. The van der Waals surface area contributed by atoms with E-state index in [0.717, 1.165) is 108 Å². The molecule has 306 valence electrons. The molecule has 2 aliphatic rings. The van der Waals surface area contributed by atoms with Crippen LogP contribution in [0.2, 0.25) is 0 Å². The number of imidazole rings is 2. The lowest BCUT2D eigenvalue weighted by Crippen LogP contribution is -2.31. The lowest BCUT2D eigenvalue weighted by atomic mass is 9.96. The van der Waals surface area contributed by atoms with Crippen molar-refractivity contribution < 1.29 is 17.4 Å². The molecule has 10 aromatic rings. The number of nitrogens with zero attached hydrogens (tertiary/aromatic N) is 6.